The first-order valence-corrected chi connectivity index (χ1v) is 4.87. The second kappa shape index (κ2) is 3.59. The van der Waals surface area contributed by atoms with E-state index >= 15 is 0 Å². The minimum absolute atomic E-state index is 0.0521. The highest BCUT2D eigenvalue weighted by Crippen LogP contribution is 2.45. The van der Waals surface area contributed by atoms with E-state index in [1.54, 1.807) is 0 Å². The maximum atomic E-state index is 11.3. The maximum absolute atomic E-state index is 11.3. The van der Waals surface area contributed by atoms with Gasteiger partial charge in [0.15, 0.2) is 0 Å². The zero-order valence-corrected chi connectivity index (χ0v) is 9.32. The van der Waals surface area contributed by atoms with Crippen molar-refractivity contribution in [3.05, 3.63) is 0 Å². The molecule has 72 valence electrons. The van der Waals surface area contributed by atoms with Crippen LogP contribution in [0, 0.1) is 10.8 Å². The molecule has 0 aromatic rings. The Morgan fingerprint density at radius 2 is 1.50 bits per heavy atom. The summed E-state index contributed by atoms with van der Waals surface area (Å²) in [6.07, 6.45) is 1.80. The molecular formula is C11H22O. The third-order valence-corrected chi connectivity index (χ3v) is 2.31. The lowest BCUT2D eigenvalue weighted by molar-refractivity contribution is -0.124. The van der Waals surface area contributed by atoms with Crippen molar-refractivity contribution in [2.24, 2.45) is 10.8 Å². The van der Waals surface area contributed by atoms with Crippen LogP contribution >= 0.6 is 0 Å². The lowest BCUT2D eigenvalue weighted by Crippen LogP contribution is -2.16. The van der Waals surface area contributed by atoms with E-state index in [0.29, 0.717) is 5.78 Å². The molecule has 0 radical (unpaired) electrons. The van der Waals surface area contributed by atoms with Crippen molar-refractivity contribution in [3.63, 3.8) is 0 Å². The van der Waals surface area contributed by atoms with Gasteiger partial charge < -0.3 is 0 Å². The highest BCUT2D eigenvalue weighted by Gasteiger charge is 2.43. The summed E-state index contributed by atoms with van der Waals surface area (Å²) in [4.78, 5) is 11.3. The van der Waals surface area contributed by atoms with Gasteiger partial charge in [-0.25, -0.2) is 0 Å². The van der Waals surface area contributed by atoms with Crippen LogP contribution in [0.2, 0.25) is 0 Å². The molecule has 0 unspecified atom stereocenters. The normalized spacial score (nSPS) is 24.7. The molecule has 0 spiro atoms. The average Bonchev–Trinajstić information content (AvgIpc) is 2.05. The number of ketones is 1. The number of carbonyl (C=O) groups excluding carboxylic acids is 1. The third kappa shape index (κ3) is 2.62. The Balaban J connectivity index is 0.000000561. The molecule has 1 saturated carbocycles. The molecule has 0 N–H and O–H groups in total. The Hall–Kier alpha value is -0.330. The molecule has 0 heterocycles. The molecule has 1 nitrogen and oxygen atoms in total. The first kappa shape index (κ1) is 11.7. The SMILES string of the molecule is CC.CC1(C)CC(=O)C(C)(C)C1. The fourth-order valence-electron chi connectivity index (χ4n) is 2.03. The standard InChI is InChI=1S/C9H16O.C2H6/c1-8(2)5-7(10)9(3,4)6-8;1-2/h5-6H2,1-4H3;1-2H3. The molecule has 0 aromatic carbocycles. The van der Waals surface area contributed by atoms with Crippen LogP contribution in [0.4, 0.5) is 0 Å². The van der Waals surface area contributed by atoms with E-state index in [9.17, 15) is 4.79 Å². The summed E-state index contributed by atoms with van der Waals surface area (Å²) < 4.78 is 0. The molecule has 0 aromatic heterocycles. The highest BCUT2D eigenvalue weighted by atomic mass is 16.1. The molecule has 0 amide bonds. The molecule has 1 fully saturated rings. The van der Waals surface area contributed by atoms with E-state index in [-0.39, 0.29) is 10.8 Å². The predicted molar refractivity (Wildman–Crippen MR) is 53.2 cm³/mol. The van der Waals surface area contributed by atoms with Gasteiger partial charge in [0, 0.05) is 11.8 Å². The van der Waals surface area contributed by atoms with Crippen LogP contribution in [-0.2, 0) is 4.79 Å². The molecule has 12 heavy (non-hydrogen) atoms. The van der Waals surface area contributed by atoms with Crippen LogP contribution < -0.4 is 0 Å². The van der Waals surface area contributed by atoms with Gasteiger partial charge in [0.25, 0.3) is 0 Å². The lowest BCUT2D eigenvalue weighted by atomic mass is 9.85. The van der Waals surface area contributed by atoms with E-state index < -0.39 is 0 Å². The average molecular weight is 170 g/mol. The second-order valence-corrected chi connectivity index (χ2v) is 4.82. The number of hydrogen-bond acceptors (Lipinski definition) is 1. The van der Waals surface area contributed by atoms with E-state index in [2.05, 4.69) is 13.8 Å². The summed E-state index contributed by atoms with van der Waals surface area (Å²) >= 11 is 0. The molecule has 0 atom stereocenters. The smallest absolute Gasteiger partial charge is 0.139 e. The van der Waals surface area contributed by atoms with Crippen molar-refractivity contribution >= 4 is 5.78 Å². The number of Topliss-reactive ketones (excluding diaryl/α,β-unsaturated/α-hetero) is 1. The lowest BCUT2D eigenvalue weighted by Gasteiger charge is -2.19. The van der Waals surface area contributed by atoms with Gasteiger partial charge in [-0.2, -0.15) is 0 Å². The van der Waals surface area contributed by atoms with Crippen LogP contribution in [0.15, 0.2) is 0 Å². The van der Waals surface area contributed by atoms with Crippen LogP contribution in [0.5, 0.6) is 0 Å². The Morgan fingerprint density at radius 1 is 1.08 bits per heavy atom. The van der Waals surface area contributed by atoms with Crippen molar-refractivity contribution in [2.45, 2.75) is 54.4 Å². The quantitative estimate of drug-likeness (QED) is 0.544. The van der Waals surface area contributed by atoms with Crippen LogP contribution in [0.3, 0.4) is 0 Å². The first-order chi connectivity index (χ1) is 5.33. The van der Waals surface area contributed by atoms with Gasteiger partial charge in [-0.3, -0.25) is 4.79 Å². The molecule has 0 bridgehead atoms. The monoisotopic (exact) mass is 170 g/mol. The van der Waals surface area contributed by atoms with Crippen molar-refractivity contribution in [3.8, 4) is 0 Å². The molecule has 1 aliphatic carbocycles. The first-order valence-electron chi connectivity index (χ1n) is 4.87. The summed E-state index contributed by atoms with van der Waals surface area (Å²) in [6, 6.07) is 0. The summed E-state index contributed by atoms with van der Waals surface area (Å²) in [5.41, 5.74) is 0.198. The Morgan fingerprint density at radius 3 is 1.58 bits per heavy atom. The zero-order valence-electron chi connectivity index (χ0n) is 9.32. The van der Waals surface area contributed by atoms with Gasteiger partial charge in [0.05, 0.1) is 0 Å². The minimum atomic E-state index is -0.0521. The Kier molecular flexibility index (Phi) is 3.49. The van der Waals surface area contributed by atoms with Gasteiger partial charge in [-0.15, -0.1) is 0 Å². The van der Waals surface area contributed by atoms with Crippen molar-refractivity contribution < 1.29 is 4.79 Å². The van der Waals surface area contributed by atoms with Gasteiger partial charge in [0.2, 0.25) is 0 Å². The predicted octanol–water partition coefficient (Wildman–Crippen LogP) is 3.43. The van der Waals surface area contributed by atoms with Crippen LogP contribution in [-0.4, -0.2) is 5.78 Å². The molecular weight excluding hydrogens is 148 g/mol. The number of rotatable bonds is 0. The Labute approximate surface area is 76.6 Å². The number of carbonyl (C=O) groups is 1. The largest absolute Gasteiger partial charge is 0.299 e. The van der Waals surface area contributed by atoms with Gasteiger partial charge >= 0.3 is 0 Å². The van der Waals surface area contributed by atoms with E-state index in [0.717, 1.165) is 12.8 Å². The number of hydrogen-bond donors (Lipinski definition) is 0. The summed E-state index contributed by atoms with van der Waals surface area (Å²) in [5, 5.41) is 0. The van der Waals surface area contributed by atoms with E-state index in [4.69, 9.17) is 0 Å². The van der Waals surface area contributed by atoms with Gasteiger partial charge in [0.1, 0.15) is 5.78 Å². The topological polar surface area (TPSA) is 17.1 Å². The van der Waals surface area contributed by atoms with Crippen LogP contribution in [0.1, 0.15) is 54.4 Å². The van der Waals surface area contributed by atoms with Gasteiger partial charge in [-0.1, -0.05) is 41.5 Å². The third-order valence-electron chi connectivity index (χ3n) is 2.31. The fourth-order valence-corrected chi connectivity index (χ4v) is 2.03. The molecule has 1 rings (SSSR count). The van der Waals surface area contributed by atoms with Crippen molar-refractivity contribution in [1.82, 2.24) is 0 Å². The van der Waals surface area contributed by atoms with Crippen molar-refractivity contribution in [2.75, 3.05) is 0 Å². The fraction of sp³-hybridized carbons (Fsp3) is 0.909. The van der Waals surface area contributed by atoms with E-state index in [1.807, 2.05) is 27.7 Å². The zero-order chi connectivity index (χ0) is 9.99. The summed E-state index contributed by atoms with van der Waals surface area (Å²) in [7, 11) is 0. The summed E-state index contributed by atoms with van der Waals surface area (Å²) in [5.74, 6) is 0.428. The van der Waals surface area contributed by atoms with Crippen LogP contribution in [0.25, 0.3) is 0 Å². The maximum Gasteiger partial charge on any atom is 0.139 e. The molecule has 0 aliphatic heterocycles. The summed E-state index contributed by atoms with van der Waals surface area (Å²) in [6.45, 7) is 12.4. The molecule has 1 aliphatic rings. The van der Waals surface area contributed by atoms with Gasteiger partial charge in [-0.05, 0) is 11.8 Å². The molecule has 0 saturated heterocycles. The molecule has 1 heteroatoms. The highest BCUT2D eigenvalue weighted by molar-refractivity contribution is 5.86. The minimum Gasteiger partial charge on any atom is -0.299 e. The second-order valence-electron chi connectivity index (χ2n) is 4.82. The Bertz CT molecular complexity index is 166. The van der Waals surface area contributed by atoms with Crippen molar-refractivity contribution in [1.29, 1.82) is 0 Å². The van der Waals surface area contributed by atoms with E-state index in [1.165, 1.54) is 0 Å².